The van der Waals surface area contributed by atoms with Crippen molar-refractivity contribution in [1.29, 1.82) is 0 Å². The third-order valence-corrected chi connectivity index (χ3v) is 6.52. The highest BCUT2D eigenvalue weighted by Crippen LogP contribution is 2.39. The van der Waals surface area contributed by atoms with Gasteiger partial charge in [0, 0.05) is 5.56 Å². The molecule has 1 atom stereocenters. The van der Waals surface area contributed by atoms with E-state index in [0.717, 1.165) is 16.7 Å². The molecule has 0 N–H and O–H groups in total. The number of thioether (sulfide) groups is 1. The Bertz CT molecular complexity index is 1150. The van der Waals surface area contributed by atoms with Crippen molar-refractivity contribution in [2.75, 3.05) is 13.2 Å². The number of esters is 1. The highest BCUT2D eigenvalue weighted by molar-refractivity contribution is 9.10. The summed E-state index contributed by atoms with van der Waals surface area (Å²) in [6.07, 6.45) is 1.87. The summed E-state index contributed by atoms with van der Waals surface area (Å²) in [7, 11) is 0. The lowest BCUT2D eigenvalue weighted by atomic mass is 10.1. The van der Waals surface area contributed by atoms with E-state index in [1.165, 1.54) is 6.07 Å². The number of hydrogen-bond donors (Lipinski definition) is 0. The number of rotatable bonds is 10. The average Bonchev–Trinajstić information content (AvgIpc) is 3.06. The number of benzene rings is 2. The van der Waals surface area contributed by atoms with Gasteiger partial charge in [0.2, 0.25) is 0 Å². The summed E-state index contributed by atoms with van der Waals surface area (Å²) in [5, 5.41) is -0.545. The third kappa shape index (κ3) is 6.85. The van der Waals surface area contributed by atoms with Crippen molar-refractivity contribution in [1.82, 2.24) is 4.90 Å². The largest absolute Gasteiger partial charge is 0.490 e. The number of ether oxygens (including phenoxy) is 3. The second kappa shape index (κ2) is 12.2. The second-order valence-electron chi connectivity index (χ2n) is 7.62. The zero-order valence-corrected chi connectivity index (χ0v) is 21.9. The third-order valence-electron chi connectivity index (χ3n) is 5.03. The van der Waals surface area contributed by atoms with Gasteiger partial charge < -0.3 is 14.2 Å². The molecule has 2 aromatic rings. The summed E-state index contributed by atoms with van der Waals surface area (Å²) in [5.41, 5.74) is 0.970. The molecule has 1 aliphatic heterocycles. The molecule has 1 aliphatic rings. The molecule has 2 amide bonds. The molecule has 186 valence electrons. The van der Waals surface area contributed by atoms with Gasteiger partial charge in [0.05, 0.1) is 22.1 Å². The van der Waals surface area contributed by atoms with Gasteiger partial charge in [-0.15, -0.1) is 0 Å². The maximum Gasteiger partial charge on any atom is 0.326 e. The minimum atomic E-state index is -0.638. The molecule has 0 unspecified atom stereocenters. The number of imide groups is 1. The first kappa shape index (κ1) is 26.7. The number of amides is 2. The fourth-order valence-electron chi connectivity index (χ4n) is 3.10. The van der Waals surface area contributed by atoms with Crippen molar-refractivity contribution in [3.8, 4) is 11.5 Å². The normalized spacial score (nSPS) is 15.5. The average molecular weight is 566 g/mol. The van der Waals surface area contributed by atoms with Gasteiger partial charge in [-0.2, -0.15) is 0 Å². The molecule has 0 saturated carbocycles. The molecule has 1 fully saturated rings. The lowest BCUT2D eigenvalue weighted by molar-refractivity contribution is -0.150. The van der Waals surface area contributed by atoms with Crippen LogP contribution in [0.15, 0.2) is 45.8 Å². The quantitative estimate of drug-likeness (QED) is 0.260. The molecule has 7 nitrogen and oxygen atoms in total. The van der Waals surface area contributed by atoms with E-state index in [0.29, 0.717) is 40.1 Å². The second-order valence-corrected chi connectivity index (χ2v) is 9.47. The molecule has 1 heterocycles. The zero-order valence-electron chi connectivity index (χ0n) is 19.5. The van der Waals surface area contributed by atoms with E-state index in [-0.39, 0.29) is 23.4 Å². The van der Waals surface area contributed by atoms with Crippen LogP contribution in [-0.4, -0.2) is 41.3 Å². The lowest BCUT2D eigenvalue weighted by Gasteiger charge is -2.15. The molecule has 35 heavy (non-hydrogen) atoms. The Morgan fingerprint density at radius 3 is 2.63 bits per heavy atom. The van der Waals surface area contributed by atoms with E-state index < -0.39 is 23.7 Å². The van der Waals surface area contributed by atoms with E-state index in [4.69, 9.17) is 14.2 Å². The first-order chi connectivity index (χ1) is 16.7. The highest BCUT2D eigenvalue weighted by Gasteiger charge is 2.37. The lowest BCUT2D eigenvalue weighted by Crippen LogP contribution is -2.35. The first-order valence-electron chi connectivity index (χ1n) is 11.0. The Kier molecular flexibility index (Phi) is 9.33. The summed E-state index contributed by atoms with van der Waals surface area (Å²) in [5.74, 6) is -0.813. The first-order valence-corrected chi connectivity index (χ1v) is 12.6. The number of halogens is 2. The molecule has 2 aromatic carbocycles. The van der Waals surface area contributed by atoms with Crippen molar-refractivity contribution in [2.45, 2.75) is 39.9 Å². The fourth-order valence-corrected chi connectivity index (χ4v) is 4.51. The molecule has 0 bridgehead atoms. The number of hydrogen-bond acceptors (Lipinski definition) is 7. The summed E-state index contributed by atoms with van der Waals surface area (Å²) < 4.78 is 31.2. The smallest absolute Gasteiger partial charge is 0.326 e. The molecule has 0 aromatic heterocycles. The van der Waals surface area contributed by atoms with E-state index in [2.05, 4.69) is 15.9 Å². The van der Waals surface area contributed by atoms with Gasteiger partial charge in [0.15, 0.2) is 11.5 Å². The number of carbonyl (C=O) groups excluding carboxylic acids is 3. The van der Waals surface area contributed by atoms with Crippen LogP contribution in [0.25, 0.3) is 6.08 Å². The minimum absolute atomic E-state index is 0.00364. The van der Waals surface area contributed by atoms with Crippen LogP contribution in [0.1, 0.15) is 38.3 Å². The van der Waals surface area contributed by atoms with Gasteiger partial charge in [-0.05, 0) is 77.8 Å². The number of carbonyl (C=O) groups is 3. The Labute approximate surface area is 215 Å². The van der Waals surface area contributed by atoms with Gasteiger partial charge >= 0.3 is 5.97 Å². The monoisotopic (exact) mass is 565 g/mol. The number of nitrogens with zero attached hydrogens (tertiary/aromatic N) is 1. The van der Waals surface area contributed by atoms with E-state index in [9.17, 15) is 18.8 Å². The van der Waals surface area contributed by atoms with E-state index in [1.54, 1.807) is 43.3 Å². The van der Waals surface area contributed by atoms with Gasteiger partial charge in [-0.1, -0.05) is 25.1 Å². The Balaban J connectivity index is 1.80. The van der Waals surface area contributed by atoms with Crippen molar-refractivity contribution in [2.24, 2.45) is 0 Å². The summed E-state index contributed by atoms with van der Waals surface area (Å²) in [4.78, 5) is 38.2. The van der Waals surface area contributed by atoms with Crippen molar-refractivity contribution >= 4 is 50.9 Å². The van der Waals surface area contributed by atoms with Gasteiger partial charge in [-0.3, -0.25) is 19.3 Å². The fraction of sp³-hybridized carbons (Fsp3) is 0.320. The van der Waals surface area contributed by atoms with Crippen LogP contribution in [0.2, 0.25) is 0 Å². The van der Waals surface area contributed by atoms with Gasteiger partial charge in [0.25, 0.3) is 11.1 Å². The molecule has 10 heteroatoms. The van der Waals surface area contributed by atoms with Crippen LogP contribution in [0.4, 0.5) is 9.18 Å². The predicted octanol–water partition coefficient (Wildman–Crippen LogP) is 5.94. The molecular formula is C25H25BrFNO6S. The summed E-state index contributed by atoms with van der Waals surface area (Å²) >= 11 is 4.20. The standard InChI is InChI=1S/C25H25BrFNO6S/c1-4-15(3)34-22(29)13-28-24(30)21(35-25(28)31)12-16-10-18(26)23(20(11-16)32-5-2)33-14-17-8-6-7-9-19(17)27/h6-12,15H,4-5,13-14H2,1-3H3/b21-12-/t15-/m0/s1. The predicted molar refractivity (Wildman–Crippen MR) is 135 cm³/mol. The van der Waals surface area contributed by atoms with Crippen LogP contribution in [-0.2, 0) is 20.9 Å². The Morgan fingerprint density at radius 1 is 1.20 bits per heavy atom. The maximum absolute atomic E-state index is 14.0. The van der Waals surface area contributed by atoms with Crippen LogP contribution >= 0.6 is 27.7 Å². The Morgan fingerprint density at radius 2 is 1.94 bits per heavy atom. The SMILES string of the molecule is CCOc1cc(/C=C2\SC(=O)N(CC(=O)O[C@@H](C)CC)C2=O)cc(Br)c1OCc1ccccc1F. The van der Waals surface area contributed by atoms with Gasteiger partial charge in [0.1, 0.15) is 19.0 Å². The Hall–Kier alpha value is -2.85. The molecular weight excluding hydrogens is 541 g/mol. The molecule has 0 aliphatic carbocycles. The molecule has 1 saturated heterocycles. The highest BCUT2D eigenvalue weighted by atomic mass is 79.9. The molecule has 0 spiro atoms. The van der Waals surface area contributed by atoms with E-state index in [1.807, 2.05) is 13.8 Å². The van der Waals surface area contributed by atoms with Crippen molar-refractivity contribution in [3.05, 3.63) is 62.7 Å². The van der Waals surface area contributed by atoms with Crippen molar-refractivity contribution < 1.29 is 33.0 Å². The van der Waals surface area contributed by atoms with E-state index >= 15 is 0 Å². The van der Waals surface area contributed by atoms with Crippen molar-refractivity contribution in [3.63, 3.8) is 0 Å². The zero-order chi connectivity index (χ0) is 25.5. The minimum Gasteiger partial charge on any atom is -0.490 e. The summed E-state index contributed by atoms with van der Waals surface area (Å²) in [6, 6.07) is 9.68. The maximum atomic E-state index is 14.0. The van der Waals surface area contributed by atoms with Crippen LogP contribution in [0, 0.1) is 5.82 Å². The van der Waals surface area contributed by atoms with Crippen LogP contribution in [0.3, 0.4) is 0 Å². The molecule has 0 radical (unpaired) electrons. The summed E-state index contributed by atoms with van der Waals surface area (Å²) in [6.45, 7) is 5.32. The van der Waals surface area contributed by atoms with Crippen LogP contribution < -0.4 is 9.47 Å². The van der Waals surface area contributed by atoms with Gasteiger partial charge in [-0.25, -0.2) is 4.39 Å². The van der Waals surface area contributed by atoms with Crippen LogP contribution in [0.5, 0.6) is 11.5 Å². The molecule has 3 rings (SSSR count). The topological polar surface area (TPSA) is 82.1 Å².